The van der Waals surface area contributed by atoms with Crippen LogP contribution in [0.4, 0.5) is 4.39 Å². The largest absolute Gasteiger partial charge is 0.476 e. The van der Waals surface area contributed by atoms with E-state index in [0.29, 0.717) is 0 Å². The van der Waals surface area contributed by atoms with Gasteiger partial charge in [-0.2, -0.15) is 4.98 Å². The summed E-state index contributed by atoms with van der Waals surface area (Å²) in [6, 6.07) is 5.32. The van der Waals surface area contributed by atoms with E-state index >= 15 is 0 Å². The van der Waals surface area contributed by atoms with Crippen LogP contribution in [0.25, 0.3) is 11.3 Å². The van der Waals surface area contributed by atoms with E-state index in [-0.39, 0.29) is 22.4 Å². The summed E-state index contributed by atoms with van der Waals surface area (Å²) < 4.78 is 17.9. The van der Waals surface area contributed by atoms with Crippen molar-refractivity contribution in [3.63, 3.8) is 0 Å². The van der Waals surface area contributed by atoms with Crippen LogP contribution in [0, 0.1) is 5.82 Å². The van der Waals surface area contributed by atoms with Crippen LogP contribution in [0.2, 0.25) is 5.35 Å². The van der Waals surface area contributed by atoms with Gasteiger partial charge in [-0.15, -0.1) is 0 Å². The maximum atomic E-state index is 12.9. The molecule has 0 saturated carbocycles. The van der Waals surface area contributed by atoms with Crippen molar-refractivity contribution in [2.24, 2.45) is 0 Å². The first-order valence-electron chi connectivity index (χ1n) is 4.23. The van der Waals surface area contributed by atoms with Gasteiger partial charge >= 0.3 is 5.97 Å². The lowest BCUT2D eigenvalue weighted by atomic mass is 10.1. The molecule has 0 spiro atoms. The molecular weight excluding hydrogens is 237 g/mol. The standard InChI is InChI=1S/C10H5ClFNO3/c11-10-13-7(9(14)15)8(16-10)5-2-1-3-6(12)4-5/h1-4H,(H,14,15). The average molecular weight is 242 g/mol. The summed E-state index contributed by atoms with van der Waals surface area (Å²) in [5.74, 6) is -1.84. The molecule has 1 aromatic heterocycles. The third-order valence-corrected chi connectivity index (χ3v) is 2.05. The predicted octanol–water partition coefficient (Wildman–Crippen LogP) is 2.83. The van der Waals surface area contributed by atoms with Crippen LogP contribution in [0.15, 0.2) is 28.7 Å². The van der Waals surface area contributed by atoms with Crippen LogP contribution in [0.1, 0.15) is 10.5 Å². The Morgan fingerprint density at radius 1 is 1.50 bits per heavy atom. The smallest absolute Gasteiger partial charge is 0.358 e. The van der Waals surface area contributed by atoms with Gasteiger partial charge in [0.15, 0.2) is 11.5 Å². The average Bonchev–Trinajstić information content (AvgIpc) is 2.60. The molecule has 0 aliphatic carbocycles. The molecule has 1 aromatic carbocycles. The maximum Gasteiger partial charge on any atom is 0.358 e. The zero-order valence-corrected chi connectivity index (χ0v) is 8.53. The summed E-state index contributed by atoms with van der Waals surface area (Å²) in [6.07, 6.45) is 0. The van der Waals surface area contributed by atoms with Gasteiger partial charge in [0.1, 0.15) is 5.82 Å². The van der Waals surface area contributed by atoms with Crippen LogP contribution in [-0.4, -0.2) is 16.1 Å². The van der Waals surface area contributed by atoms with Crippen LogP contribution >= 0.6 is 11.6 Å². The lowest BCUT2D eigenvalue weighted by Gasteiger charge is -1.97. The fourth-order valence-electron chi connectivity index (χ4n) is 1.26. The monoisotopic (exact) mass is 241 g/mol. The minimum Gasteiger partial charge on any atom is -0.476 e. The molecule has 0 aliphatic rings. The molecule has 2 aromatic rings. The number of oxazole rings is 1. The quantitative estimate of drug-likeness (QED) is 0.878. The van der Waals surface area contributed by atoms with Crippen molar-refractivity contribution in [1.82, 2.24) is 4.98 Å². The molecule has 82 valence electrons. The van der Waals surface area contributed by atoms with Crippen molar-refractivity contribution in [1.29, 1.82) is 0 Å². The number of halogens is 2. The maximum absolute atomic E-state index is 12.9. The Morgan fingerprint density at radius 3 is 2.88 bits per heavy atom. The molecule has 2 rings (SSSR count). The molecule has 1 N–H and O–H groups in total. The van der Waals surface area contributed by atoms with Crippen molar-refractivity contribution in [2.45, 2.75) is 0 Å². The third-order valence-electron chi connectivity index (χ3n) is 1.89. The SMILES string of the molecule is O=C(O)c1nc(Cl)oc1-c1cccc(F)c1. The van der Waals surface area contributed by atoms with Gasteiger partial charge < -0.3 is 9.52 Å². The normalized spacial score (nSPS) is 10.4. The molecule has 6 heteroatoms. The number of benzene rings is 1. The minimum absolute atomic E-state index is 0.0583. The highest BCUT2D eigenvalue weighted by Crippen LogP contribution is 2.27. The highest BCUT2D eigenvalue weighted by Gasteiger charge is 2.20. The molecule has 0 unspecified atom stereocenters. The Balaban J connectivity index is 2.59. The molecular formula is C10H5ClFNO3. The fraction of sp³-hybridized carbons (Fsp3) is 0. The lowest BCUT2D eigenvalue weighted by molar-refractivity contribution is 0.0691. The second kappa shape index (κ2) is 3.94. The second-order valence-electron chi connectivity index (χ2n) is 2.96. The van der Waals surface area contributed by atoms with E-state index in [2.05, 4.69) is 4.98 Å². The van der Waals surface area contributed by atoms with Gasteiger partial charge in [-0.3, -0.25) is 0 Å². The molecule has 1 heterocycles. The number of carboxylic acids is 1. The van der Waals surface area contributed by atoms with Crippen LogP contribution in [0.5, 0.6) is 0 Å². The number of aromatic carboxylic acids is 1. The van der Waals surface area contributed by atoms with E-state index < -0.39 is 11.8 Å². The second-order valence-corrected chi connectivity index (χ2v) is 3.28. The Kier molecular flexibility index (Phi) is 2.62. The molecule has 0 radical (unpaired) electrons. The van der Waals surface area contributed by atoms with E-state index in [4.69, 9.17) is 21.1 Å². The first-order chi connectivity index (χ1) is 7.58. The number of rotatable bonds is 2. The van der Waals surface area contributed by atoms with E-state index in [0.717, 1.165) is 6.07 Å². The summed E-state index contributed by atoms with van der Waals surface area (Å²) in [5, 5.41) is 8.54. The molecule has 0 atom stereocenters. The summed E-state index contributed by atoms with van der Waals surface area (Å²) >= 11 is 5.46. The van der Waals surface area contributed by atoms with Gasteiger partial charge in [-0.25, -0.2) is 9.18 Å². The van der Waals surface area contributed by atoms with Crippen molar-refractivity contribution in [3.05, 3.63) is 41.1 Å². The molecule has 16 heavy (non-hydrogen) atoms. The molecule has 0 bridgehead atoms. The molecule has 4 nitrogen and oxygen atoms in total. The third kappa shape index (κ3) is 1.90. The summed E-state index contributed by atoms with van der Waals surface area (Å²) in [4.78, 5) is 14.3. The van der Waals surface area contributed by atoms with Crippen molar-refractivity contribution in [3.8, 4) is 11.3 Å². The Morgan fingerprint density at radius 2 is 2.25 bits per heavy atom. The summed E-state index contributed by atoms with van der Waals surface area (Å²) in [6.45, 7) is 0. The van der Waals surface area contributed by atoms with E-state index in [1.165, 1.54) is 18.2 Å². The van der Waals surface area contributed by atoms with Crippen LogP contribution < -0.4 is 0 Å². The van der Waals surface area contributed by atoms with E-state index in [1.807, 2.05) is 0 Å². The van der Waals surface area contributed by atoms with Crippen LogP contribution in [-0.2, 0) is 0 Å². The van der Waals surface area contributed by atoms with Crippen molar-refractivity contribution in [2.75, 3.05) is 0 Å². The predicted molar refractivity (Wildman–Crippen MR) is 53.9 cm³/mol. The van der Waals surface area contributed by atoms with Gasteiger partial charge in [0.2, 0.25) is 0 Å². The number of carboxylic acid groups (broad SMARTS) is 1. The van der Waals surface area contributed by atoms with Gasteiger partial charge in [-0.05, 0) is 23.7 Å². The van der Waals surface area contributed by atoms with Crippen molar-refractivity contribution >= 4 is 17.6 Å². The highest BCUT2D eigenvalue weighted by molar-refractivity contribution is 6.28. The van der Waals surface area contributed by atoms with Gasteiger partial charge in [-0.1, -0.05) is 12.1 Å². The van der Waals surface area contributed by atoms with Gasteiger partial charge in [0, 0.05) is 5.56 Å². The van der Waals surface area contributed by atoms with Gasteiger partial charge in [0.05, 0.1) is 0 Å². The molecule has 0 amide bonds. The first-order valence-corrected chi connectivity index (χ1v) is 4.61. The molecule has 0 aliphatic heterocycles. The minimum atomic E-state index is -1.28. The number of hydrogen-bond acceptors (Lipinski definition) is 3. The Bertz CT molecular complexity index is 553. The Hall–Kier alpha value is -1.88. The zero-order chi connectivity index (χ0) is 11.7. The number of carbonyl (C=O) groups is 1. The molecule has 0 fully saturated rings. The number of hydrogen-bond donors (Lipinski definition) is 1. The van der Waals surface area contributed by atoms with Crippen molar-refractivity contribution < 1.29 is 18.7 Å². The zero-order valence-electron chi connectivity index (χ0n) is 7.78. The van der Waals surface area contributed by atoms with E-state index in [1.54, 1.807) is 0 Å². The summed E-state index contributed by atoms with van der Waals surface area (Å²) in [7, 11) is 0. The van der Waals surface area contributed by atoms with Gasteiger partial charge in [0.25, 0.3) is 5.35 Å². The fourth-order valence-corrected chi connectivity index (χ4v) is 1.43. The summed E-state index contributed by atoms with van der Waals surface area (Å²) in [5.41, 5.74) is -0.0626. The highest BCUT2D eigenvalue weighted by atomic mass is 35.5. The first kappa shape index (κ1) is 10.6. The lowest BCUT2D eigenvalue weighted by Crippen LogP contribution is -1.98. The Labute approximate surface area is 94.3 Å². The van der Waals surface area contributed by atoms with E-state index in [9.17, 15) is 9.18 Å². The topological polar surface area (TPSA) is 63.3 Å². The number of aromatic nitrogens is 1. The molecule has 0 saturated heterocycles. The van der Waals surface area contributed by atoms with Crippen LogP contribution in [0.3, 0.4) is 0 Å². The number of nitrogens with zero attached hydrogens (tertiary/aromatic N) is 1.